The first-order valence-electron chi connectivity index (χ1n) is 9.60. The molecule has 1 aromatic heterocycles. The van der Waals surface area contributed by atoms with Crippen molar-refractivity contribution < 1.29 is 9.36 Å². The minimum atomic E-state index is -1.52. The van der Waals surface area contributed by atoms with Crippen LogP contribution in [0.5, 0.6) is 0 Å². The highest BCUT2D eigenvalue weighted by atomic mass is 79.9. The van der Waals surface area contributed by atoms with Gasteiger partial charge in [-0.05, 0) is 35.4 Å². The van der Waals surface area contributed by atoms with Crippen molar-refractivity contribution in [3.8, 4) is 12.1 Å². The van der Waals surface area contributed by atoms with Crippen LogP contribution in [0.4, 0.5) is 0 Å². The molecule has 2 aromatic carbocycles. The third-order valence-electron chi connectivity index (χ3n) is 5.68. The summed E-state index contributed by atoms with van der Waals surface area (Å²) < 4.78 is 3.52. The summed E-state index contributed by atoms with van der Waals surface area (Å²) in [6, 6.07) is 23.4. The summed E-state index contributed by atoms with van der Waals surface area (Å²) in [6.45, 7) is 0. The van der Waals surface area contributed by atoms with E-state index in [0.717, 1.165) is 14.5 Å². The Morgan fingerprint density at radius 1 is 0.839 bits per heavy atom. The van der Waals surface area contributed by atoms with E-state index in [1.165, 1.54) is 0 Å². The van der Waals surface area contributed by atoms with Gasteiger partial charge in [0.15, 0.2) is 17.8 Å². The van der Waals surface area contributed by atoms with Crippen LogP contribution in [0.25, 0.3) is 0 Å². The molecule has 1 saturated heterocycles. The zero-order valence-corrected chi connectivity index (χ0v) is 19.4. The number of nitrogens with one attached hydrogen (secondary N) is 1. The Hall–Kier alpha value is -3.00. The van der Waals surface area contributed by atoms with Crippen LogP contribution in [0, 0.1) is 28.1 Å². The molecule has 1 aliphatic heterocycles. The van der Waals surface area contributed by atoms with Crippen LogP contribution in [0.1, 0.15) is 29.1 Å². The third-order valence-corrected chi connectivity index (χ3v) is 6.74. The Balaban J connectivity index is 1.96. The molecule has 152 valence electrons. The number of nitrogens with zero attached hydrogens (tertiary/aromatic N) is 3. The van der Waals surface area contributed by atoms with E-state index in [9.17, 15) is 15.3 Å². The lowest BCUT2D eigenvalue weighted by Crippen LogP contribution is -2.61. The van der Waals surface area contributed by atoms with E-state index in [-0.39, 0.29) is 5.91 Å². The smallest absolute Gasteiger partial charge is 0.290 e. The lowest BCUT2D eigenvalue weighted by Gasteiger charge is -2.42. The van der Waals surface area contributed by atoms with Gasteiger partial charge in [-0.2, -0.15) is 15.1 Å². The van der Waals surface area contributed by atoms with Crippen molar-refractivity contribution >= 4 is 37.8 Å². The Labute approximate surface area is 197 Å². The Morgan fingerprint density at radius 2 is 1.35 bits per heavy atom. The predicted octanol–water partition coefficient (Wildman–Crippen LogP) is 4.73. The van der Waals surface area contributed by atoms with Crippen molar-refractivity contribution in [1.82, 2.24) is 5.32 Å². The fourth-order valence-electron chi connectivity index (χ4n) is 4.24. The highest BCUT2D eigenvalue weighted by Gasteiger charge is 2.61. The fraction of sp³-hybridized carbons (Fsp3) is 0.167. The van der Waals surface area contributed by atoms with Crippen LogP contribution >= 0.6 is 31.9 Å². The first-order chi connectivity index (χ1) is 15.0. The van der Waals surface area contributed by atoms with Crippen molar-refractivity contribution in [2.24, 2.45) is 5.41 Å². The quantitative estimate of drug-likeness (QED) is 0.491. The van der Waals surface area contributed by atoms with Crippen molar-refractivity contribution in [3.05, 3.63) is 99.2 Å². The van der Waals surface area contributed by atoms with E-state index >= 15 is 0 Å². The number of aromatic nitrogens is 1. The number of benzene rings is 2. The molecule has 5 nitrogen and oxygen atoms in total. The Kier molecular flexibility index (Phi) is 5.91. The highest BCUT2D eigenvalue weighted by molar-refractivity contribution is 9.10. The number of halogens is 2. The van der Waals surface area contributed by atoms with Crippen LogP contribution in [0.3, 0.4) is 0 Å². The molecule has 4 rings (SSSR count). The van der Waals surface area contributed by atoms with E-state index in [1.54, 1.807) is 17.0 Å². The molecule has 31 heavy (non-hydrogen) atoms. The van der Waals surface area contributed by atoms with E-state index in [4.69, 9.17) is 0 Å². The molecule has 1 aliphatic rings. The Morgan fingerprint density at radius 3 is 1.87 bits per heavy atom. The number of pyridine rings is 1. The van der Waals surface area contributed by atoms with Gasteiger partial charge in [0.2, 0.25) is 6.04 Å². The van der Waals surface area contributed by atoms with Gasteiger partial charge in [-0.15, -0.1) is 0 Å². The maximum Gasteiger partial charge on any atom is 0.290 e. The van der Waals surface area contributed by atoms with E-state index in [2.05, 4.69) is 49.3 Å². The van der Waals surface area contributed by atoms with Crippen LogP contribution in [0.15, 0.2) is 88.1 Å². The van der Waals surface area contributed by atoms with Crippen molar-refractivity contribution in [1.29, 1.82) is 10.5 Å². The van der Waals surface area contributed by atoms with Crippen molar-refractivity contribution in [2.75, 3.05) is 0 Å². The monoisotopic (exact) mass is 535 g/mol. The molecule has 7 heteroatoms. The molecular formula is C24H17Br2N4O+. The first kappa shape index (κ1) is 21.2. The standard InChI is InChI=1S/C24H16Br2N4O/c25-18-8-4-16(5-9-18)20-21(30-12-2-1-3-13-30)23(31)29-22(24(20,14-27)15-28)17-6-10-19(26)11-7-17/h1-13,20-22H/p+1. The topological polar surface area (TPSA) is 80.6 Å². The molecule has 0 spiro atoms. The predicted molar refractivity (Wildman–Crippen MR) is 121 cm³/mol. The Bertz CT molecular complexity index is 1170. The van der Waals surface area contributed by atoms with E-state index in [1.807, 2.05) is 66.7 Å². The van der Waals surface area contributed by atoms with Crippen LogP contribution in [0.2, 0.25) is 0 Å². The number of piperidine rings is 1. The zero-order valence-electron chi connectivity index (χ0n) is 16.2. The average Bonchev–Trinajstić information content (AvgIpc) is 2.80. The molecular weight excluding hydrogens is 520 g/mol. The number of hydrogen-bond acceptors (Lipinski definition) is 3. The second-order valence-corrected chi connectivity index (χ2v) is 9.21. The van der Waals surface area contributed by atoms with Crippen LogP contribution in [-0.4, -0.2) is 5.91 Å². The van der Waals surface area contributed by atoms with Gasteiger partial charge in [-0.1, -0.05) is 62.2 Å². The number of hydrogen-bond donors (Lipinski definition) is 1. The summed E-state index contributed by atoms with van der Waals surface area (Å²) in [5, 5.41) is 23.8. The summed E-state index contributed by atoms with van der Waals surface area (Å²) in [6.07, 6.45) is 3.57. The molecule has 1 N–H and O–H groups in total. The van der Waals surface area contributed by atoms with Crippen molar-refractivity contribution in [3.63, 3.8) is 0 Å². The normalized spacial score (nSPS) is 22.1. The van der Waals surface area contributed by atoms with Gasteiger partial charge in [-0.3, -0.25) is 4.79 Å². The molecule has 1 amide bonds. The highest BCUT2D eigenvalue weighted by Crippen LogP contribution is 2.52. The third kappa shape index (κ3) is 3.76. The number of carbonyl (C=O) groups excluding carboxylic acids is 1. The maximum absolute atomic E-state index is 13.4. The summed E-state index contributed by atoms with van der Waals surface area (Å²) in [7, 11) is 0. The molecule has 0 radical (unpaired) electrons. The summed E-state index contributed by atoms with van der Waals surface area (Å²) in [5.41, 5.74) is -0.0637. The van der Waals surface area contributed by atoms with Crippen molar-refractivity contribution in [2.45, 2.75) is 18.0 Å². The zero-order chi connectivity index (χ0) is 22.0. The largest absolute Gasteiger partial charge is 0.341 e. The summed E-state index contributed by atoms with van der Waals surface area (Å²) >= 11 is 6.85. The molecule has 3 atom stereocenters. The number of nitriles is 2. The van der Waals surface area contributed by atoms with Gasteiger partial charge in [0.05, 0.1) is 24.1 Å². The van der Waals surface area contributed by atoms with Gasteiger partial charge < -0.3 is 5.32 Å². The van der Waals surface area contributed by atoms with Crippen LogP contribution < -0.4 is 9.88 Å². The van der Waals surface area contributed by atoms with Gasteiger partial charge in [0, 0.05) is 21.1 Å². The van der Waals surface area contributed by atoms with Gasteiger partial charge in [0.1, 0.15) is 0 Å². The molecule has 0 aliphatic carbocycles. The number of rotatable bonds is 3. The second kappa shape index (κ2) is 8.63. The second-order valence-electron chi connectivity index (χ2n) is 7.38. The molecule has 3 aromatic rings. The molecule has 0 bridgehead atoms. The molecule has 0 saturated carbocycles. The lowest BCUT2D eigenvalue weighted by molar-refractivity contribution is -0.714. The average molecular weight is 537 g/mol. The van der Waals surface area contributed by atoms with Gasteiger partial charge in [-0.25, -0.2) is 0 Å². The number of carbonyl (C=O) groups is 1. The number of amides is 1. The molecule has 1 fully saturated rings. The SMILES string of the molecule is N#CC1(C#N)C(c2ccc(Br)cc2)NC(=O)C([n+]2ccccc2)C1c1ccc(Br)cc1. The van der Waals surface area contributed by atoms with Gasteiger partial charge in [0.25, 0.3) is 5.91 Å². The summed E-state index contributed by atoms with van der Waals surface area (Å²) in [4.78, 5) is 13.4. The minimum Gasteiger partial charge on any atom is -0.341 e. The lowest BCUT2D eigenvalue weighted by atomic mass is 9.62. The fourth-order valence-corrected chi connectivity index (χ4v) is 4.76. The summed E-state index contributed by atoms with van der Waals surface area (Å²) in [5.74, 6) is -0.927. The molecule has 3 unspecified atom stereocenters. The van der Waals surface area contributed by atoms with E-state index in [0.29, 0.717) is 5.56 Å². The first-order valence-corrected chi connectivity index (χ1v) is 11.2. The van der Waals surface area contributed by atoms with Crippen LogP contribution in [-0.2, 0) is 4.79 Å². The van der Waals surface area contributed by atoms with Gasteiger partial charge >= 0.3 is 0 Å². The minimum absolute atomic E-state index is 0.238. The maximum atomic E-state index is 13.4. The van der Waals surface area contributed by atoms with E-state index < -0.39 is 23.4 Å². The molecule has 2 heterocycles.